The van der Waals surface area contributed by atoms with Crippen molar-refractivity contribution in [3.05, 3.63) is 60.6 Å². The lowest BCUT2D eigenvalue weighted by molar-refractivity contribution is 0.0696. The molecule has 0 saturated carbocycles. The lowest BCUT2D eigenvalue weighted by Gasteiger charge is -2.04. The summed E-state index contributed by atoms with van der Waals surface area (Å²) in [5.74, 6) is -0.969. The average Bonchev–Trinajstić information content (AvgIpc) is 2.47. The molecule has 92 valence electrons. The van der Waals surface area contributed by atoms with E-state index in [0.29, 0.717) is 0 Å². The Hall–Kier alpha value is -2.75. The summed E-state index contributed by atoms with van der Waals surface area (Å²) in [6.07, 6.45) is 4.83. The van der Waals surface area contributed by atoms with E-state index in [-0.39, 0.29) is 5.56 Å². The highest BCUT2D eigenvalue weighted by Gasteiger charge is 2.06. The molecule has 4 nitrogen and oxygen atoms in total. The maximum Gasteiger partial charge on any atom is 0.337 e. The van der Waals surface area contributed by atoms with Crippen molar-refractivity contribution in [2.45, 2.75) is 0 Å². The Morgan fingerprint density at radius 2 is 1.79 bits per heavy atom. The fraction of sp³-hybridized carbons (Fsp3) is 0. The summed E-state index contributed by atoms with van der Waals surface area (Å²) in [5, 5.41) is 9.80. The number of aromatic carboxylic acids is 1. The highest BCUT2D eigenvalue weighted by molar-refractivity contribution is 5.93. The van der Waals surface area contributed by atoms with Gasteiger partial charge in [-0.25, -0.2) is 4.79 Å². The molecule has 0 spiro atoms. The van der Waals surface area contributed by atoms with E-state index in [1.54, 1.807) is 18.5 Å². The number of fused-ring (bicyclic) bond motifs is 1. The Balaban J connectivity index is 2.16. The molecular formula is C15H10N2O2. The second kappa shape index (κ2) is 4.49. The molecule has 2 heterocycles. The van der Waals surface area contributed by atoms with E-state index >= 15 is 0 Å². The van der Waals surface area contributed by atoms with Crippen LogP contribution < -0.4 is 0 Å². The predicted octanol–water partition coefficient (Wildman–Crippen LogP) is 3.00. The van der Waals surface area contributed by atoms with Gasteiger partial charge in [-0.3, -0.25) is 9.97 Å². The molecule has 0 fully saturated rings. The third-order valence-corrected chi connectivity index (χ3v) is 2.94. The van der Waals surface area contributed by atoms with Gasteiger partial charge in [0.15, 0.2) is 0 Å². The summed E-state index contributed by atoms with van der Waals surface area (Å²) in [5.41, 5.74) is 3.03. The van der Waals surface area contributed by atoms with Gasteiger partial charge in [-0.05, 0) is 41.5 Å². The number of carboxylic acids is 1. The first-order valence-corrected chi connectivity index (χ1v) is 5.77. The SMILES string of the molecule is O=C(O)c1cnc2ccc(-c3ccncc3)cc2c1. The zero-order valence-corrected chi connectivity index (χ0v) is 9.95. The fourth-order valence-corrected chi connectivity index (χ4v) is 1.97. The van der Waals surface area contributed by atoms with Crippen molar-refractivity contribution in [1.29, 1.82) is 0 Å². The second-order valence-electron chi connectivity index (χ2n) is 4.17. The van der Waals surface area contributed by atoms with Gasteiger partial charge in [0.2, 0.25) is 0 Å². The van der Waals surface area contributed by atoms with E-state index in [2.05, 4.69) is 9.97 Å². The van der Waals surface area contributed by atoms with Crippen molar-refractivity contribution in [3.63, 3.8) is 0 Å². The third-order valence-electron chi connectivity index (χ3n) is 2.94. The number of carboxylic acid groups (broad SMARTS) is 1. The molecule has 0 amide bonds. The van der Waals surface area contributed by atoms with Gasteiger partial charge in [0.05, 0.1) is 11.1 Å². The quantitative estimate of drug-likeness (QED) is 0.759. The van der Waals surface area contributed by atoms with Crippen molar-refractivity contribution in [1.82, 2.24) is 9.97 Å². The van der Waals surface area contributed by atoms with E-state index in [1.165, 1.54) is 6.20 Å². The molecule has 0 aliphatic heterocycles. The first kappa shape index (κ1) is 11.3. The van der Waals surface area contributed by atoms with Crippen LogP contribution in [-0.2, 0) is 0 Å². The maximum atomic E-state index is 11.0. The lowest BCUT2D eigenvalue weighted by atomic mass is 10.0. The molecule has 4 heteroatoms. The van der Waals surface area contributed by atoms with Gasteiger partial charge in [-0.15, -0.1) is 0 Å². The predicted molar refractivity (Wildman–Crippen MR) is 71.9 cm³/mol. The molecule has 0 atom stereocenters. The van der Waals surface area contributed by atoms with E-state index < -0.39 is 5.97 Å². The summed E-state index contributed by atoms with van der Waals surface area (Å²) in [6.45, 7) is 0. The highest BCUT2D eigenvalue weighted by atomic mass is 16.4. The number of aromatic nitrogens is 2. The molecule has 1 N–H and O–H groups in total. The molecule has 0 radical (unpaired) electrons. The van der Waals surface area contributed by atoms with Crippen LogP contribution in [0.4, 0.5) is 0 Å². The molecule has 0 bridgehead atoms. The molecule has 0 saturated heterocycles. The maximum absolute atomic E-state index is 11.0. The van der Waals surface area contributed by atoms with Gasteiger partial charge >= 0.3 is 5.97 Å². The van der Waals surface area contributed by atoms with Crippen molar-refractivity contribution >= 4 is 16.9 Å². The number of hydrogen-bond acceptors (Lipinski definition) is 3. The van der Waals surface area contributed by atoms with Crippen LogP contribution in [0.25, 0.3) is 22.0 Å². The van der Waals surface area contributed by atoms with E-state index in [4.69, 9.17) is 5.11 Å². The summed E-state index contributed by atoms with van der Waals surface area (Å²) < 4.78 is 0. The van der Waals surface area contributed by atoms with Gasteiger partial charge < -0.3 is 5.11 Å². The van der Waals surface area contributed by atoms with Crippen LogP contribution >= 0.6 is 0 Å². The van der Waals surface area contributed by atoms with Crippen molar-refractivity contribution in [2.75, 3.05) is 0 Å². The van der Waals surface area contributed by atoms with Gasteiger partial charge in [-0.1, -0.05) is 6.07 Å². The number of hydrogen-bond donors (Lipinski definition) is 1. The second-order valence-corrected chi connectivity index (χ2v) is 4.17. The Bertz CT molecular complexity index is 754. The van der Waals surface area contributed by atoms with Crippen molar-refractivity contribution in [2.24, 2.45) is 0 Å². The van der Waals surface area contributed by atoms with Crippen molar-refractivity contribution in [3.8, 4) is 11.1 Å². The first-order valence-electron chi connectivity index (χ1n) is 5.77. The standard InChI is InChI=1S/C15H10N2O2/c18-15(19)13-8-12-7-11(1-2-14(12)17-9-13)10-3-5-16-6-4-10/h1-9H,(H,18,19). The molecule has 0 aliphatic rings. The Kier molecular flexibility index (Phi) is 2.68. The van der Waals surface area contributed by atoms with Crippen LogP contribution in [0.2, 0.25) is 0 Å². The highest BCUT2D eigenvalue weighted by Crippen LogP contribution is 2.23. The topological polar surface area (TPSA) is 63.1 Å². The van der Waals surface area contributed by atoms with Crippen LogP contribution in [0.5, 0.6) is 0 Å². The Morgan fingerprint density at radius 1 is 1.00 bits per heavy atom. The summed E-state index contributed by atoms with van der Waals surface area (Å²) in [4.78, 5) is 19.1. The van der Waals surface area contributed by atoms with E-state index in [1.807, 2.05) is 30.3 Å². The number of carbonyl (C=O) groups is 1. The lowest BCUT2D eigenvalue weighted by Crippen LogP contribution is -1.96. The van der Waals surface area contributed by atoms with Crippen LogP contribution in [0.15, 0.2) is 55.0 Å². The molecule has 3 rings (SSSR count). The van der Waals surface area contributed by atoms with E-state index in [0.717, 1.165) is 22.0 Å². The number of benzene rings is 1. The normalized spacial score (nSPS) is 10.5. The monoisotopic (exact) mass is 250 g/mol. The van der Waals surface area contributed by atoms with Gasteiger partial charge in [0.25, 0.3) is 0 Å². The molecule has 0 unspecified atom stereocenters. The summed E-state index contributed by atoms with van der Waals surface area (Å²) in [7, 11) is 0. The Morgan fingerprint density at radius 3 is 2.53 bits per heavy atom. The molecule has 2 aromatic heterocycles. The number of pyridine rings is 2. The van der Waals surface area contributed by atoms with Gasteiger partial charge in [-0.2, -0.15) is 0 Å². The van der Waals surface area contributed by atoms with Crippen LogP contribution in [-0.4, -0.2) is 21.0 Å². The smallest absolute Gasteiger partial charge is 0.337 e. The zero-order valence-electron chi connectivity index (χ0n) is 9.95. The third kappa shape index (κ3) is 2.15. The van der Waals surface area contributed by atoms with Crippen LogP contribution in [0.1, 0.15) is 10.4 Å². The molecule has 19 heavy (non-hydrogen) atoms. The largest absolute Gasteiger partial charge is 0.478 e. The molecular weight excluding hydrogens is 240 g/mol. The number of nitrogens with zero attached hydrogens (tertiary/aromatic N) is 2. The van der Waals surface area contributed by atoms with Gasteiger partial charge in [0, 0.05) is 24.0 Å². The van der Waals surface area contributed by atoms with Crippen molar-refractivity contribution < 1.29 is 9.90 Å². The summed E-state index contributed by atoms with van der Waals surface area (Å²) in [6, 6.07) is 11.2. The minimum Gasteiger partial charge on any atom is -0.478 e. The fourth-order valence-electron chi connectivity index (χ4n) is 1.97. The van der Waals surface area contributed by atoms with Gasteiger partial charge in [0.1, 0.15) is 0 Å². The first-order chi connectivity index (χ1) is 9.24. The van der Waals surface area contributed by atoms with Crippen LogP contribution in [0.3, 0.4) is 0 Å². The summed E-state index contributed by atoms with van der Waals surface area (Å²) >= 11 is 0. The van der Waals surface area contributed by atoms with Crippen LogP contribution in [0, 0.1) is 0 Å². The average molecular weight is 250 g/mol. The van der Waals surface area contributed by atoms with E-state index in [9.17, 15) is 4.79 Å². The molecule has 3 aromatic rings. The number of rotatable bonds is 2. The minimum atomic E-state index is -0.969. The molecule has 0 aliphatic carbocycles. The minimum absolute atomic E-state index is 0.194. The Labute approximate surface area is 109 Å². The zero-order chi connectivity index (χ0) is 13.2. The molecule has 1 aromatic carbocycles.